The summed E-state index contributed by atoms with van der Waals surface area (Å²) in [6.07, 6.45) is 7.82. The first-order valence-electron chi connectivity index (χ1n) is 6.14. The Balaban J connectivity index is 1.61. The summed E-state index contributed by atoms with van der Waals surface area (Å²) in [5.74, 6) is 2.35. The second-order valence-corrected chi connectivity index (χ2v) is 4.89. The van der Waals surface area contributed by atoms with Gasteiger partial charge < -0.3 is 5.32 Å². The van der Waals surface area contributed by atoms with E-state index in [0.717, 1.165) is 37.4 Å². The van der Waals surface area contributed by atoms with Crippen LogP contribution in [0.25, 0.3) is 0 Å². The molecule has 1 N–H and O–H groups in total. The van der Waals surface area contributed by atoms with Gasteiger partial charge in [0.25, 0.3) is 0 Å². The fraction of sp³-hybridized carbons (Fsp3) is 0.750. The molecule has 0 saturated heterocycles. The van der Waals surface area contributed by atoms with E-state index >= 15 is 0 Å². The lowest BCUT2D eigenvalue weighted by atomic mass is 9.98. The Hall–Kier alpha value is -0.540. The molecule has 1 aliphatic rings. The summed E-state index contributed by atoms with van der Waals surface area (Å²) >= 11 is 5.95. The number of alkyl halides is 1. The molecule has 1 fully saturated rings. The summed E-state index contributed by atoms with van der Waals surface area (Å²) in [5.41, 5.74) is 0. The molecule has 0 bridgehead atoms. The molecular formula is C12H20ClN3. The lowest BCUT2D eigenvalue weighted by Gasteiger charge is -2.17. The van der Waals surface area contributed by atoms with Crippen LogP contribution in [-0.4, -0.2) is 28.8 Å². The molecule has 4 heteroatoms. The van der Waals surface area contributed by atoms with E-state index in [1.165, 1.54) is 19.3 Å². The Morgan fingerprint density at radius 1 is 1.38 bits per heavy atom. The van der Waals surface area contributed by atoms with Crippen molar-refractivity contribution in [3.63, 3.8) is 0 Å². The fourth-order valence-corrected chi connectivity index (χ4v) is 2.91. The lowest BCUT2D eigenvalue weighted by molar-refractivity contribution is 0.389. The van der Waals surface area contributed by atoms with Crippen molar-refractivity contribution < 1.29 is 0 Å². The van der Waals surface area contributed by atoms with Crippen LogP contribution in [0, 0.1) is 11.8 Å². The third-order valence-corrected chi connectivity index (χ3v) is 3.89. The van der Waals surface area contributed by atoms with Gasteiger partial charge in [-0.25, -0.2) is 0 Å². The maximum Gasteiger partial charge on any atom is 0.0533 e. The Kier molecular flexibility index (Phi) is 4.67. The molecule has 0 spiro atoms. The molecule has 0 amide bonds. The summed E-state index contributed by atoms with van der Waals surface area (Å²) in [6, 6.07) is 1.96. The minimum Gasteiger partial charge on any atom is -0.315 e. The number of hydrogen-bond acceptors (Lipinski definition) is 2. The van der Waals surface area contributed by atoms with E-state index < -0.39 is 0 Å². The molecule has 1 saturated carbocycles. The molecule has 1 heterocycles. The summed E-state index contributed by atoms with van der Waals surface area (Å²) in [6.45, 7) is 3.05. The minimum absolute atomic E-state index is 0.735. The number of halogens is 1. The number of rotatable bonds is 6. The van der Waals surface area contributed by atoms with Crippen LogP contribution in [0.15, 0.2) is 18.5 Å². The molecule has 3 nitrogen and oxygen atoms in total. The molecule has 90 valence electrons. The maximum atomic E-state index is 5.95. The second kappa shape index (κ2) is 6.26. The first-order chi connectivity index (χ1) is 7.90. The topological polar surface area (TPSA) is 29.9 Å². The first kappa shape index (κ1) is 11.9. The largest absolute Gasteiger partial charge is 0.315 e. The van der Waals surface area contributed by atoms with Crippen molar-refractivity contribution in [2.24, 2.45) is 11.8 Å². The van der Waals surface area contributed by atoms with Crippen LogP contribution in [0.5, 0.6) is 0 Å². The third-order valence-electron chi connectivity index (χ3n) is 3.50. The Morgan fingerprint density at radius 3 is 3.00 bits per heavy atom. The Bertz CT molecular complexity index is 286. The van der Waals surface area contributed by atoms with Gasteiger partial charge in [0, 0.05) is 24.8 Å². The molecule has 0 radical (unpaired) electrons. The average molecular weight is 242 g/mol. The van der Waals surface area contributed by atoms with Crippen LogP contribution in [0.2, 0.25) is 0 Å². The van der Waals surface area contributed by atoms with Crippen molar-refractivity contribution >= 4 is 11.6 Å². The summed E-state index contributed by atoms with van der Waals surface area (Å²) in [7, 11) is 0. The van der Waals surface area contributed by atoms with Gasteiger partial charge in [0.05, 0.1) is 6.54 Å². The van der Waals surface area contributed by atoms with Crippen molar-refractivity contribution in [1.29, 1.82) is 0 Å². The van der Waals surface area contributed by atoms with Crippen LogP contribution in [0.4, 0.5) is 0 Å². The smallest absolute Gasteiger partial charge is 0.0533 e. The first-order valence-corrected chi connectivity index (χ1v) is 6.67. The van der Waals surface area contributed by atoms with Gasteiger partial charge >= 0.3 is 0 Å². The molecule has 2 rings (SSSR count). The molecule has 2 atom stereocenters. The zero-order valence-electron chi connectivity index (χ0n) is 9.61. The van der Waals surface area contributed by atoms with Gasteiger partial charge in [0.2, 0.25) is 0 Å². The quantitative estimate of drug-likeness (QED) is 0.611. The van der Waals surface area contributed by atoms with Crippen molar-refractivity contribution in [3.8, 4) is 0 Å². The van der Waals surface area contributed by atoms with Crippen LogP contribution >= 0.6 is 11.6 Å². The standard InChI is InChI=1S/C12H20ClN3/c13-9-11-3-1-4-12(11)10-14-6-8-16-7-2-5-15-16/h2,5,7,11-12,14H,1,3-4,6,8-10H2. The molecule has 2 unspecified atom stereocenters. The average Bonchev–Trinajstić information content (AvgIpc) is 2.95. The summed E-state index contributed by atoms with van der Waals surface area (Å²) in [4.78, 5) is 0. The Labute approximate surface area is 102 Å². The van der Waals surface area contributed by atoms with E-state index in [1.807, 2.05) is 23.1 Å². The monoisotopic (exact) mass is 241 g/mol. The van der Waals surface area contributed by atoms with E-state index in [0.29, 0.717) is 0 Å². The van der Waals surface area contributed by atoms with Crippen molar-refractivity contribution in [1.82, 2.24) is 15.1 Å². The van der Waals surface area contributed by atoms with Crippen LogP contribution in [0.1, 0.15) is 19.3 Å². The fourth-order valence-electron chi connectivity index (χ4n) is 2.50. The van der Waals surface area contributed by atoms with Gasteiger partial charge in [-0.2, -0.15) is 5.10 Å². The van der Waals surface area contributed by atoms with Crippen LogP contribution in [-0.2, 0) is 6.54 Å². The van der Waals surface area contributed by atoms with Gasteiger partial charge in [0.1, 0.15) is 0 Å². The second-order valence-electron chi connectivity index (χ2n) is 4.58. The van der Waals surface area contributed by atoms with Crippen LogP contribution in [0.3, 0.4) is 0 Å². The number of nitrogens with zero attached hydrogens (tertiary/aromatic N) is 2. The van der Waals surface area contributed by atoms with Gasteiger partial charge in [0.15, 0.2) is 0 Å². The van der Waals surface area contributed by atoms with Gasteiger partial charge in [-0.1, -0.05) is 6.42 Å². The van der Waals surface area contributed by atoms with Gasteiger partial charge in [-0.05, 0) is 37.3 Å². The van der Waals surface area contributed by atoms with E-state index in [-0.39, 0.29) is 0 Å². The zero-order valence-corrected chi connectivity index (χ0v) is 10.4. The molecule has 1 aromatic rings. The predicted molar refractivity (Wildman–Crippen MR) is 66.6 cm³/mol. The number of nitrogens with one attached hydrogen (secondary N) is 1. The molecule has 0 aliphatic heterocycles. The van der Waals surface area contributed by atoms with Gasteiger partial charge in [-0.15, -0.1) is 11.6 Å². The maximum absolute atomic E-state index is 5.95. The molecule has 1 aromatic heterocycles. The van der Waals surface area contributed by atoms with Crippen LogP contribution < -0.4 is 5.32 Å². The molecule has 1 aliphatic carbocycles. The van der Waals surface area contributed by atoms with E-state index in [1.54, 1.807) is 0 Å². The molecular weight excluding hydrogens is 222 g/mol. The molecule has 0 aromatic carbocycles. The highest BCUT2D eigenvalue weighted by Crippen LogP contribution is 2.31. The predicted octanol–water partition coefficient (Wildman–Crippen LogP) is 2.13. The van der Waals surface area contributed by atoms with Crippen molar-refractivity contribution in [2.75, 3.05) is 19.0 Å². The van der Waals surface area contributed by atoms with E-state index in [4.69, 9.17) is 11.6 Å². The van der Waals surface area contributed by atoms with E-state index in [2.05, 4.69) is 10.4 Å². The zero-order chi connectivity index (χ0) is 11.2. The SMILES string of the molecule is ClCC1CCCC1CNCCn1cccn1. The molecule has 16 heavy (non-hydrogen) atoms. The number of aromatic nitrogens is 2. The minimum atomic E-state index is 0.735. The summed E-state index contributed by atoms with van der Waals surface area (Å²) in [5, 5.41) is 7.68. The highest BCUT2D eigenvalue weighted by molar-refractivity contribution is 6.18. The normalized spacial score (nSPS) is 25.1. The highest BCUT2D eigenvalue weighted by Gasteiger charge is 2.25. The summed E-state index contributed by atoms with van der Waals surface area (Å²) < 4.78 is 1.96. The van der Waals surface area contributed by atoms with Gasteiger partial charge in [-0.3, -0.25) is 4.68 Å². The third kappa shape index (κ3) is 3.22. The van der Waals surface area contributed by atoms with Crippen molar-refractivity contribution in [2.45, 2.75) is 25.8 Å². The van der Waals surface area contributed by atoms with E-state index in [9.17, 15) is 0 Å². The number of hydrogen-bond donors (Lipinski definition) is 1. The highest BCUT2D eigenvalue weighted by atomic mass is 35.5. The Morgan fingerprint density at radius 2 is 2.25 bits per heavy atom. The lowest BCUT2D eigenvalue weighted by Crippen LogP contribution is -2.28. The van der Waals surface area contributed by atoms with Crippen molar-refractivity contribution in [3.05, 3.63) is 18.5 Å².